The summed E-state index contributed by atoms with van der Waals surface area (Å²) >= 11 is 0. The number of nitrogens with one attached hydrogen (secondary N) is 2. The normalized spacial score (nSPS) is 13.9. The van der Waals surface area contributed by atoms with Crippen molar-refractivity contribution in [2.45, 2.75) is 52.1 Å². The number of benzene rings is 2. The monoisotopic (exact) mass is 464 g/mol. The number of carbonyl (C=O) groups excluding carboxylic acids is 2. The zero-order chi connectivity index (χ0) is 24.8. The van der Waals surface area contributed by atoms with Crippen LogP contribution in [-0.2, 0) is 14.3 Å². The van der Waals surface area contributed by atoms with E-state index < -0.39 is 30.1 Å². The minimum absolute atomic E-state index is 0.0926. The van der Waals surface area contributed by atoms with E-state index in [4.69, 9.17) is 4.74 Å². The van der Waals surface area contributed by atoms with Gasteiger partial charge in [0.25, 0.3) is 0 Å². The van der Waals surface area contributed by atoms with Crippen molar-refractivity contribution in [1.29, 1.82) is 0 Å². The number of hydrogen-bond donors (Lipinski definition) is 3. The maximum Gasteiger partial charge on any atom is 0.407 e. The second-order valence-corrected chi connectivity index (χ2v) is 9.11. The molecule has 0 bridgehead atoms. The SMILES string of the molecule is CC(C)=CCC(NC(=O)[C@H](NC(=O)OCC1c2ccccc2-c2ccccc21)C(C)C)C(=O)O. The first kappa shape index (κ1) is 25.0. The van der Waals surface area contributed by atoms with Crippen molar-refractivity contribution in [3.05, 3.63) is 71.3 Å². The van der Waals surface area contributed by atoms with Gasteiger partial charge in [-0.05, 0) is 48.4 Å². The molecule has 0 aromatic heterocycles. The maximum absolute atomic E-state index is 12.8. The first-order valence-corrected chi connectivity index (χ1v) is 11.5. The third kappa shape index (κ3) is 5.84. The fraction of sp³-hybridized carbons (Fsp3) is 0.370. The third-order valence-electron chi connectivity index (χ3n) is 5.94. The van der Waals surface area contributed by atoms with Crippen LogP contribution in [-0.4, -0.2) is 41.8 Å². The third-order valence-corrected chi connectivity index (χ3v) is 5.94. The van der Waals surface area contributed by atoms with E-state index in [0.29, 0.717) is 0 Å². The van der Waals surface area contributed by atoms with Crippen molar-refractivity contribution >= 4 is 18.0 Å². The molecule has 7 nitrogen and oxygen atoms in total. The zero-order valence-electron chi connectivity index (χ0n) is 20.0. The summed E-state index contributed by atoms with van der Waals surface area (Å²) in [6.07, 6.45) is 1.20. The summed E-state index contributed by atoms with van der Waals surface area (Å²) in [6.45, 7) is 7.40. The van der Waals surface area contributed by atoms with Crippen LogP contribution in [0.5, 0.6) is 0 Å². The Morgan fingerprint density at radius 2 is 1.53 bits per heavy atom. The summed E-state index contributed by atoms with van der Waals surface area (Å²) in [7, 11) is 0. The van der Waals surface area contributed by atoms with Crippen LogP contribution in [0, 0.1) is 5.92 Å². The molecule has 2 aromatic carbocycles. The van der Waals surface area contributed by atoms with Crippen molar-refractivity contribution in [3.63, 3.8) is 0 Å². The van der Waals surface area contributed by atoms with E-state index in [0.717, 1.165) is 27.8 Å². The smallest absolute Gasteiger partial charge is 0.407 e. The van der Waals surface area contributed by atoms with Gasteiger partial charge in [-0.3, -0.25) is 4.79 Å². The summed E-state index contributed by atoms with van der Waals surface area (Å²) in [5, 5.41) is 14.6. The fourth-order valence-corrected chi connectivity index (χ4v) is 4.14. The van der Waals surface area contributed by atoms with Crippen molar-refractivity contribution < 1.29 is 24.2 Å². The van der Waals surface area contributed by atoms with E-state index in [1.54, 1.807) is 19.9 Å². The highest BCUT2D eigenvalue weighted by molar-refractivity contribution is 5.89. The van der Waals surface area contributed by atoms with Gasteiger partial charge in [0.1, 0.15) is 18.7 Å². The number of fused-ring (bicyclic) bond motifs is 3. The van der Waals surface area contributed by atoms with Gasteiger partial charge in [-0.1, -0.05) is 74.0 Å². The Morgan fingerprint density at radius 1 is 0.971 bits per heavy atom. The summed E-state index contributed by atoms with van der Waals surface area (Å²) in [4.78, 5) is 37.0. The number of carboxylic acid groups (broad SMARTS) is 1. The van der Waals surface area contributed by atoms with Gasteiger partial charge in [-0.25, -0.2) is 9.59 Å². The van der Waals surface area contributed by atoms with Crippen molar-refractivity contribution in [2.24, 2.45) is 5.92 Å². The summed E-state index contributed by atoms with van der Waals surface area (Å²) in [6, 6.07) is 14.1. The molecule has 3 N–H and O–H groups in total. The van der Waals surface area contributed by atoms with Crippen LogP contribution >= 0.6 is 0 Å². The molecular weight excluding hydrogens is 432 g/mol. The molecule has 1 unspecified atom stereocenters. The van der Waals surface area contributed by atoms with Crippen LogP contribution in [0.3, 0.4) is 0 Å². The molecule has 0 radical (unpaired) electrons. The topological polar surface area (TPSA) is 105 Å². The van der Waals surface area contributed by atoms with E-state index in [2.05, 4.69) is 22.8 Å². The number of hydrogen-bond acceptors (Lipinski definition) is 4. The number of carbonyl (C=O) groups is 3. The Morgan fingerprint density at radius 3 is 2.03 bits per heavy atom. The molecular formula is C27H32N2O5. The van der Waals surface area contributed by atoms with E-state index >= 15 is 0 Å². The molecule has 0 aliphatic heterocycles. The Balaban J connectivity index is 1.65. The van der Waals surface area contributed by atoms with Crippen LogP contribution in [0.4, 0.5) is 4.79 Å². The zero-order valence-corrected chi connectivity index (χ0v) is 20.0. The number of ether oxygens (including phenoxy) is 1. The van der Waals surface area contributed by atoms with Crippen molar-refractivity contribution in [1.82, 2.24) is 10.6 Å². The van der Waals surface area contributed by atoms with Crippen molar-refractivity contribution in [3.8, 4) is 11.1 Å². The molecule has 1 aliphatic carbocycles. The molecule has 0 saturated carbocycles. The molecule has 2 amide bonds. The van der Waals surface area contributed by atoms with Crippen LogP contribution < -0.4 is 10.6 Å². The predicted octanol–water partition coefficient (Wildman–Crippen LogP) is 4.48. The molecule has 3 rings (SSSR count). The number of allylic oxidation sites excluding steroid dienone is 1. The summed E-state index contributed by atoms with van der Waals surface area (Å²) < 4.78 is 5.55. The Hall–Kier alpha value is -3.61. The second kappa shape index (κ2) is 11.0. The van der Waals surface area contributed by atoms with Gasteiger partial charge in [-0.2, -0.15) is 0 Å². The van der Waals surface area contributed by atoms with E-state index in [1.165, 1.54) is 0 Å². The highest BCUT2D eigenvalue weighted by atomic mass is 16.5. The lowest BCUT2D eigenvalue weighted by Crippen LogP contribution is -2.53. The Labute approximate surface area is 200 Å². The van der Waals surface area contributed by atoms with Crippen LogP contribution in [0.1, 0.15) is 51.2 Å². The van der Waals surface area contributed by atoms with Gasteiger partial charge in [0, 0.05) is 5.92 Å². The summed E-state index contributed by atoms with van der Waals surface area (Å²) in [5.74, 6) is -2.05. The van der Waals surface area contributed by atoms with Gasteiger partial charge in [0.15, 0.2) is 0 Å². The molecule has 2 atom stereocenters. The predicted molar refractivity (Wildman–Crippen MR) is 130 cm³/mol. The Kier molecular flexibility index (Phi) is 8.10. The lowest BCUT2D eigenvalue weighted by molar-refractivity contribution is -0.142. The average Bonchev–Trinajstić information content (AvgIpc) is 3.12. The molecule has 7 heteroatoms. The molecule has 34 heavy (non-hydrogen) atoms. The number of carboxylic acids is 1. The Bertz CT molecular complexity index is 1040. The molecule has 180 valence electrons. The number of rotatable bonds is 9. The summed E-state index contributed by atoms with van der Waals surface area (Å²) in [5.41, 5.74) is 5.40. The van der Waals surface area contributed by atoms with Gasteiger partial charge in [-0.15, -0.1) is 0 Å². The van der Waals surface area contributed by atoms with Crippen LogP contribution in [0.2, 0.25) is 0 Å². The van der Waals surface area contributed by atoms with Gasteiger partial charge in [0.05, 0.1) is 0 Å². The van der Waals surface area contributed by atoms with Gasteiger partial charge >= 0.3 is 12.1 Å². The van der Waals surface area contributed by atoms with Crippen LogP contribution in [0.25, 0.3) is 11.1 Å². The largest absolute Gasteiger partial charge is 0.480 e. The maximum atomic E-state index is 12.8. The molecule has 1 aliphatic rings. The number of alkyl carbamates (subject to hydrolysis) is 1. The first-order valence-electron chi connectivity index (χ1n) is 11.5. The highest BCUT2D eigenvalue weighted by Gasteiger charge is 2.31. The van der Waals surface area contributed by atoms with E-state index in [-0.39, 0.29) is 24.9 Å². The van der Waals surface area contributed by atoms with Gasteiger partial charge in [0.2, 0.25) is 5.91 Å². The molecule has 0 saturated heterocycles. The van der Waals surface area contributed by atoms with E-state index in [9.17, 15) is 19.5 Å². The fourth-order valence-electron chi connectivity index (χ4n) is 4.14. The molecule has 0 spiro atoms. The molecule has 2 aromatic rings. The number of amides is 2. The minimum Gasteiger partial charge on any atom is -0.480 e. The number of aliphatic carboxylic acids is 1. The molecule has 0 fully saturated rings. The standard InChI is InChI=1S/C27H32N2O5/c1-16(2)13-14-23(26(31)32)28-25(30)24(17(3)4)29-27(33)34-15-22-20-11-7-5-9-18(20)19-10-6-8-12-21(19)22/h5-13,17,22-24H,14-15H2,1-4H3,(H,28,30)(H,29,33)(H,31,32)/t23?,24-/m1/s1. The first-order chi connectivity index (χ1) is 16.2. The highest BCUT2D eigenvalue weighted by Crippen LogP contribution is 2.44. The lowest BCUT2D eigenvalue weighted by Gasteiger charge is -2.24. The second-order valence-electron chi connectivity index (χ2n) is 9.11. The molecule has 0 heterocycles. The van der Waals surface area contributed by atoms with Crippen LogP contribution in [0.15, 0.2) is 60.2 Å². The van der Waals surface area contributed by atoms with E-state index in [1.807, 2.05) is 50.2 Å². The van der Waals surface area contributed by atoms with Gasteiger partial charge < -0.3 is 20.5 Å². The average molecular weight is 465 g/mol. The van der Waals surface area contributed by atoms with Crippen molar-refractivity contribution in [2.75, 3.05) is 6.61 Å². The minimum atomic E-state index is -1.13. The quantitative estimate of drug-likeness (QED) is 0.475. The lowest BCUT2D eigenvalue weighted by atomic mass is 9.98.